The van der Waals surface area contributed by atoms with Crippen molar-refractivity contribution in [3.8, 4) is 0 Å². The zero-order valence-electron chi connectivity index (χ0n) is 17.8. The number of halogens is 1. The molecule has 0 saturated carbocycles. The number of hydrogen-bond donors (Lipinski definition) is 0. The van der Waals surface area contributed by atoms with Gasteiger partial charge in [-0.3, -0.25) is 9.59 Å². The smallest absolute Gasteiger partial charge is 0.263 e. The lowest BCUT2D eigenvalue weighted by Crippen LogP contribution is -2.28. The molecule has 0 N–H and O–H groups in total. The van der Waals surface area contributed by atoms with Crippen LogP contribution in [0.2, 0.25) is 0 Å². The molecular weight excluding hydrogens is 413 g/mol. The minimum absolute atomic E-state index is 0.0120. The molecule has 0 aliphatic carbocycles. The Morgan fingerprint density at radius 1 is 1.23 bits per heavy atom. The third-order valence-corrected chi connectivity index (χ3v) is 6.94. The van der Waals surface area contributed by atoms with Crippen molar-refractivity contribution in [1.29, 1.82) is 0 Å². The Balaban J connectivity index is 1.44. The molecule has 7 heteroatoms. The number of benzene rings is 1. The molecule has 1 aromatic carbocycles. The van der Waals surface area contributed by atoms with Crippen LogP contribution in [0.4, 0.5) is 4.39 Å². The van der Waals surface area contributed by atoms with Crippen molar-refractivity contribution in [3.63, 3.8) is 0 Å². The summed E-state index contributed by atoms with van der Waals surface area (Å²) in [5.41, 5.74) is 2.07. The first-order chi connectivity index (χ1) is 14.9. The summed E-state index contributed by atoms with van der Waals surface area (Å²) in [6.45, 7) is 1.33. The van der Waals surface area contributed by atoms with Gasteiger partial charge in [-0.25, -0.2) is 9.37 Å². The second-order valence-corrected chi connectivity index (χ2v) is 9.20. The first-order valence-corrected chi connectivity index (χ1v) is 11.4. The number of likely N-dealkylation sites (tertiary alicyclic amines) is 1. The molecule has 0 spiro atoms. The van der Waals surface area contributed by atoms with Crippen molar-refractivity contribution in [2.45, 2.75) is 31.6 Å². The third-order valence-electron chi connectivity index (χ3n) is 5.82. The predicted octanol–water partition coefficient (Wildman–Crippen LogP) is 4.48. The van der Waals surface area contributed by atoms with Crippen LogP contribution in [-0.4, -0.2) is 53.8 Å². The van der Waals surface area contributed by atoms with Crippen LogP contribution in [0, 0.1) is 5.82 Å². The molecule has 1 saturated heterocycles. The Bertz CT molecular complexity index is 1090. The number of aromatic nitrogens is 1. The van der Waals surface area contributed by atoms with Gasteiger partial charge >= 0.3 is 0 Å². The Labute approximate surface area is 185 Å². The standard InChI is InChI=1S/C24H26FN3O2S/c1-27(2)24(30)22-21(19-6-4-13-26-23(19)31-22)17-12-14-28(15-17)20(29)7-3-5-16-8-10-18(25)11-9-16/h4,6,8-11,13,17H,3,5,7,12,14-15H2,1-2H3/t17-/m0/s1. The molecule has 4 rings (SSSR count). The van der Waals surface area contributed by atoms with Gasteiger partial charge in [-0.05, 0) is 48.6 Å². The zero-order valence-corrected chi connectivity index (χ0v) is 18.6. The van der Waals surface area contributed by atoms with Crippen LogP contribution < -0.4 is 0 Å². The SMILES string of the molecule is CN(C)C(=O)c1sc2ncccc2c1[C@H]1CCN(C(=O)CCCc2ccc(F)cc2)C1. The number of aryl methyl sites for hydroxylation is 1. The number of carbonyl (C=O) groups is 2. The predicted molar refractivity (Wildman–Crippen MR) is 121 cm³/mol. The molecule has 5 nitrogen and oxygen atoms in total. The lowest BCUT2D eigenvalue weighted by atomic mass is 9.95. The van der Waals surface area contributed by atoms with E-state index in [-0.39, 0.29) is 23.5 Å². The summed E-state index contributed by atoms with van der Waals surface area (Å²) in [7, 11) is 3.52. The van der Waals surface area contributed by atoms with Gasteiger partial charge in [-0.1, -0.05) is 18.2 Å². The molecule has 2 amide bonds. The minimum Gasteiger partial charge on any atom is -0.344 e. The lowest BCUT2D eigenvalue weighted by molar-refractivity contribution is -0.130. The lowest BCUT2D eigenvalue weighted by Gasteiger charge is -2.18. The number of thiophene rings is 1. The third kappa shape index (κ3) is 4.61. The van der Waals surface area contributed by atoms with Gasteiger partial charge in [0, 0.05) is 51.1 Å². The van der Waals surface area contributed by atoms with E-state index in [1.54, 1.807) is 37.3 Å². The van der Waals surface area contributed by atoms with Crippen molar-refractivity contribution in [1.82, 2.24) is 14.8 Å². The molecule has 31 heavy (non-hydrogen) atoms. The highest BCUT2D eigenvalue weighted by atomic mass is 32.1. The number of carbonyl (C=O) groups excluding carboxylic acids is 2. The van der Waals surface area contributed by atoms with Gasteiger partial charge in [0.25, 0.3) is 5.91 Å². The normalized spacial score (nSPS) is 16.1. The highest BCUT2D eigenvalue weighted by Gasteiger charge is 2.33. The van der Waals surface area contributed by atoms with Gasteiger partial charge in [0.1, 0.15) is 10.6 Å². The molecule has 1 aliphatic rings. The van der Waals surface area contributed by atoms with E-state index in [1.165, 1.54) is 23.5 Å². The molecule has 0 radical (unpaired) electrons. The van der Waals surface area contributed by atoms with Crippen LogP contribution in [0.15, 0.2) is 42.6 Å². The Hall–Kier alpha value is -2.80. The van der Waals surface area contributed by atoms with E-state index in [0.717, 1.165) is 45.5 Å². The summed E-state index contributed by atoms with van der Waals surface area (Å²) < 4.78 is 13.0. The summed E-state index contributed by atoms with van der Waals surface area (Å²) in [5, 5.41) is 1.02. The quantitative estimate of drug-likeness (QED) is 0.569. The van der Waals surface area contributed by atoms with Gasteiger partial charge in [0.05, 0.1) is 4.88 Å². The number of pyridine rings is 1. The Kier molecular flexibility index (Phi) is 6.32. The van der Waals surface area contributed by atoms with Gasteiger partial charge in [-0.15, -0.1) is 11.3 Å². The molecule has 0 unspecified atom stereocenters. The molecule has 1 atom stereocenters. The molecule has 3 aromatic rings. The Morgan fingerprint density at radius 2 is 2.00 bits per heavy atom. The van der Waals surface area contributed by atoms with Crippen molar-refractivity contribution in [2.24, 2.45) is 0 Å². The fourth-order valence-electron chi connectivity index (χ4n) is 4.19. The maximum absolute atomic E-state index is 13.0. The van der Waals surface area contributed by atoms with Crippen molar-refractivity contribution >= 4 is 33.4 Å². The summed E-state index contributed by atoms with van der Waals surface area (Å²) in [4.78, 5) is 35.1. The van der Waals surface area contributed by atoms with Gasteiger partial charge < -0.3 is 9.80 Å². The molecule has 1 aliphatic heterocycles. The first-order valence-electron chi connectivity index (χ1n) is 10.6. The van der Waals surface area contributed by atoms with Crippen molar-refractivity contribution in [3.05, 3.63) is 64.4 Å². The second kappa shape index (κ2) is 9.14. The van der Waals surface area contributed by atoms with E-state index in [2.05, 4.69) is 4.98 Å². The van der Waals surface area contributed by atoms with E-state index in [9.17, 15) is 14.0 Å². The van der Waals surface area contributed by atoms with Crippen LogP contribution >= 0.6 is 11.3 Å². The molecule has 162 valence electrons. The number of nitrogens with zero attached hydrogens (tertiary/aromatic N) is 3. The fourth-order valence-corrected chi connectivity index (χ4v) is 5.45. The molecule has 1 fully saturated rings. The van der Waals surface area contributed by atoms with E-state index in [4.69, 9.17) is 0 Å². The van der Waals surface area contributed by atoms with Crippen LogP contribution in [0.5, 0.6) is 0 Å². The number of rotatable bonds is 6. The largest absolute Gasteiger partial charge is 0.344 e. The maximum atomic E-state index is 13.0. The fraction of sp³-hybridized carbons (Fsp3) is 0.375. The summed E-state index contributed by atoms with van der Waals surface area (Å²) in [6.07, 6.45) is 4.56. The highest BCUT2D eigenvalue weighted by Crippen LogP contribution is 2.39. The van der Waals surface area contributed by atoms with E-state index in [0.29, 0.717) is 19.5 Å². The summed E-state index contributed by atoms with van der Waals surface area (Å²) in [6, 6.07) is 10.4. The van der Waals surface area contributed by atoms with Crippen LogP contribution in [0.3, 0.4) is 0 Å². The van der Waals surface area contributed by atoms with E-state index >= 15 is 0 Å². The summed E-state index contributed by atoms with van der Waals surface area (Å²) in [5.74, 6) is 0.0222. The number of hydrogen-bond acceptors (Lipinski definition) is 4. The highest BCUT2D eigenvalue weighted by molar-refractivity contribution is 7.20. The van der Waals surface area contributed by atoms with E-state index in [1.807, 2.05) is 17.0 Å². The second-order valence-electron chi connectivity index (χ2n) is 8.21. The Morgan fingerprint density at radius 3 is 2.74 bits per heavy atom. The first kappa shape index (κ1) is 21.4. The molecule has 2 aromatic heterocycles. The average Bonchev–Trinajstić information content (AvgIpc) is 3.39. The molecule has 3 heterocycles. The molecule has 0 bridgehead atoms. The van der Waals surface area contributed by atoms with Crippen LogP contribution in [-0.2, 0) is 11.2 Å². The van der Waals surface area contributed by atoms with Crippen LogP contribution in [0.25, 0.3) is 10.2 Å². The zero-order chi connectivity index (χ0) is 22.0. The van der Waals surface area contributed by atoms with Gasteiger partial charge in [0.2, 0.25) is 5.91 Å². The topological polar surface area (TPSA) is 53.5 Å². The number of amides is 2. The van der Waals surface area contributed by atoms with Gasteiger partial charge in [0.15, 0.2) is 0 Å². The number of fused-ring (bicyclic) bond motifs is 1. The van der Waals surface area contributed by atoms with Crippen molar-refractivity contribution < 1.29 is 14.0 Å². The van der Waals surface area contributed by atoms with Crippen molar-refractivity contribution in [2.75, 3.05) is 27.2 Å². The molecular formula is C24H26FN3O2S. The van der Waals surface area contributed by atoms with Gasteiger partial charge in [-0.2, -0.15) is 0 Å². The average molecular weight is 440 g/mol. The maximum Gasteiger partial charge on any atom is 0.263 e. The minimum atomic E-state index is -0.244. The monoisotopic (exact) mass is 439 g/mol. The summed E-state index contributed by atoms with van der Waals surface area (Å²) >= 11 is 1.44. The van der Waals surface area contributed by atoms with E-state index < -0.39 is 0 Å². The van der Waals surface area contributed by atoms with Crippen LogP contribution in [0.1, 0.15) is 46.0 Å².